The number of H-pyrrole nitrogens is 1. The van der Waals surface area contributed by atoms with Crippen LogP contribution in [0.25, 0.3) is 0 Å². The van der Waals surface area contributed by atoms with E-state index in [9.17, 15) is 17.8 Å². The molecule has 13 heteroatoms. The van der Waals surface area contributed by atoms with Crippen molar-refractivity contribution in [2.75, 3.05) is 48.8 Å². The van der Waals surface area contributed by atoms with E-state index in [4.69, 9.17) is 10.2 Å². The van der Waals surface area contributed by atoms with E-state index < -0.39 is 21.6 Å². The molecule has 0 amide bonds. The number of aromatic amines is 1. The smallest absolute Gasteiger partial charge is 0.748 e. The van der Waals surface area contributed by atoms with Crippen molar-refractivity contribution < 1.29 is 52.7 Å². The van der Waals surface area contributed by atoms with Crippen LogP contribution < -0.4 is 45.5 Å². The summed E-state index contributed by atoms with van der Waals surface area (Å²) >= 11 is 0. The molecule has 1 aromatic heterocycles. The summed E-state index contributed by atoms with van der Waals surface area (Å²) in [5.41, 5.74) is -0.742. The van der Waals surface area contributed by atoms with E-state index in [-0.39, 0.29) is 74.3 Å². The molecule has 0 unspecified atom stereocenters. The Balaban J connectivity index is 0.00000441. The first-order chi connectivity index (χ1) is 9.85. The summed E-state index contributed by atoms with van der Waals surface area (Å²) in [6, 6.07) is 0. The van der Waals surface area contributed by atoms with E-state index in [1.807, 2.05) is 0 Å². The first-order valence-corrected chi connectivity index (χ1v) is 7.56. The molecule has 1 rings (SSSR count). The van der Waals surface area contributed by atoms with Crippen molar-refractivity contribution in [3.63, 3.8) is 0 Å². The van der Waals surface area contributed by atoms with E-state index in [0.29, 0.717) is 0 Å². The van der Waals surface area contributed by atoms with Crippen LogP contribution in [-0.4, -0.2) is 76.7 Å². The summed E-state index contributed by atoms with van der Waals surface area (Å²) in [4.78, 5) is 22.5. The van der Waals surface area contributed by atoms with Gasteiger partial charge in [0.1, 0.15) is 0 Å². The molecular weight excluding hydrogens is 329 g/mol. The topological polar surface area (TPSA) is 172 Å². The number of hydrogen-bond acceptors (Lipinski definition) is 10. The second-order valence-electron chi connectivity index (χ2n) is 3.93. The van der Waals surface area contributed by atoms with E-state index in [2.05, 4.69) is 20.3 Å². The molecule has 0 aromatic carbocycles. The number of rotatable bonds is 9. The molecular formula is C9H16N5NaO6S. The van der Waals surface area contributed by atoms with Crippen LogP contribution in [0.3, 0.4) is 0 Å². The molecule has 11 nitrogen and oxygen atoms in total. The largest absolute Gasteiger partial charge is 1.00 e. The van der Waals surface area contributed by atoms with Crippen LogP contribution >= 0.6 is 0 Å². The number of aromatic nitrogens is 3. The molecule has 0 bridgehead atoms. The fraction of sp³-hybridized carbons (Fsp3) is 0.667. The van der Waals surface area contributed by atoms with Gasteiger partial charge in [-0.1, -0.05) is 0 Å². The van der Waals surface area contributed by atoms with Crippen LogP contribution in [0.2, 0.25) is 0 Å². The minimum atomic E-state index is -4.37. The minimum Gasteiger partial charge on any atom is -0.748 e. The standard InChI is InChI=1S/C9H17N5O6S.Na/c15-4-2-14(3-5-16)8-11-7(12-9(17)13-8)10-1-6-21(18,19)20;/h15-16H,1-6H2,(H,18,19,20)(H2,10,11,12,13,17);/q;+1/p-1. The molecule has 4 N–H and O–H groups in total. The normalized spacial score (nSPS) is 10.9. The van der Waals surface area contributed by atoms with Gasteiger partial charge >= 0.3 is 35.2 Å². The van der Waals surface area contributed by atoms with Crippen LogP contribution in [0.4, 0.5) is 11.9 Å². The fourth-order valence-electron chi connectivity index (χ4n) is 1.45. The zero-order valence-corrected chi connectivity index (χ0v) is 14.8. The van der Waals surface area contributed by atoms with Gasteiger partial charge in [-0.15, -0.1) is 0 Å². The molecule has 0 saturated heterocycles. The third-order valence-corrected chi connectivity index (χ3v) is 3.01. The van der Waals surface area contributed by atoms with Crippen molar-refractivity contribution in [3.05, 3.63) is 10.5 Å². The predicted octanol–water partition coefficient (Wildman–Crippen LogP) is -6.08. The van der Waals surface area contributed by atoms with Gasteiger partial charge in [0, 0.05) is 19.6 Å². The van der Waals surface area contributed by atoms with Gasteiger partial charge in [-0.2, -0.15) is 9.97 Å². The quantitative estimate of drug-likeness (QED) is 0.249. The van der Waals surface area contributed by atoms with E-state index in [1.165, 1.54) is 4.90 Å². The Morgan fingerprint density at radius 3 is 2.32 bits per heavy atom. The minimum absolute atomic E-state index is 0. The molecule has 0 aliphatic carbocycles. The summed E-state index contributed by atoms with van der Waals surface area (Å²) in [6.45, 7) is -0.463. The van der Waals surface area contributed by atoms with Crippen LogP contribution in [0.15, 0.2) is 4.79 Å². The number of anilines is 2. The van der Waals surface area contributed by atoms with Crippen LogP contribution in [0, 0.1) is 0 Å². The molecule has 0 aliphatic heterocycles. The van der Waals surface area contributed by atoms with Crippen molar-refractivity contribution in [2.45, 2.75) is 0 Å². The van der Waals surface area contributed by atoms with E-state index >= 15 is 0 Å². The summed E-state index contributed by atoms with van der Waals surface area (Å²) in [6.07, 6.45) is 0. The van der Waals surface area contributed by atoms with E-state index in [0.717, 1.165) is 0 Å². The van der Waals surface area contributed by atoms with Crippen LogP contribution in [0.5, 0.6) is 0 Å². The van der Waals surface area contributed by atoms with Crippen molar-refractivity contribution in [1.82, 2.24) is 15.0 Å². The number of nitrogens with zero attached hydrogens (tertiary/aromatic N) is 3. The van der Waals surface area contributed by atoms with Crippen LogP contribution in [0.1, 0.15) is 0 Å². The average Bonchev–Trinajstić information content (AvgIpc) is 2.36. The van der Waals surface area contributed by atoms with Crippen molar-refractivity contribution in [2.24, 2.45) is 0 Å². The summed E-state index contributed by atoms with van der Waals surface area (Å²) in [5.74, 6) is -0.755. The van der Waals surface area contributed by atoms with Gasteiger partial charge in [0.25, 0.3) is 0 Å². The Labute approximate surface area is 148 Å². The molecule has 1 heterocycles. The molecule has 0 atom stereocenters. The SMILES string of the molecule is O=c1nc(N(CCO)CCO)nc(NCCS(=O)(=O)[O-])[nH]1.[Na+]. The Bertz CT molecular complexity index is 603. The summed E-state index contributed by atoms with van der Waals surface area (Å²) < 4.78 is 31.4. The van der Waals surface area contributed by atoms with Gasteiger partial charge < -0.3 is 25.0 Å². The number of hydrogen-bond donors (Lipinski definition) is 4. The molecule has 22 heavy (non-hydrogen) atoms. The van der Waals surface area contributed by atoms with Gasteiger partial charge in [0.05, 0.1) is 29.1 Å². The first kappa shape index (κ1) is 21.2. The van der Waals surface area contributed by atoms with E-state index in [1.54, 1.807) is 0 Å². The molecule has 0 fully saturated rings. The van der Waals surface area contributed by atoms with Gasteiger partial charge in [-0.3, -0.25) is 4.98 Å². The number of aliphatic hydroxyl groups excluding tert-OH is 2. The molecule has 120 valence electrons. The van der Waals surface area contributed by atoms with Crippen LogP contribution in [-0.2, 0) is 10.1 Å². The Morgan fingerprint density at radius 2 is 1.82 bits per heavy atom. The van der Waals surface area contributed by atoms with Crippen molar-refractivity contribution in [3.8, 4) is 0 Å². The van der Waals surface area contributed by atoms with Crippen molar-refractivity contribution >= 4 is 22.0 Å². The van der Waals surface area contributed by atoms with Gasteiger partial charge in [-0.05, 0) is 0 Å². The number of aliphatic hydroxyl groups is 2. The first-order valence-electron chi connectivity index (χ1n) is 5.98. The average molecular weight is 345 g/mol. The zero-order valence-electron chi connectivity index (χ0n) is 12.0. The Hall–Kier alpha value is -0.760. The van der Waals surface area contributed by atoms with Gasteiger partial charge in [-0.25, -0.2) is 13.2 Å². The molecule has 0 spiro atoms. The molecule has 0 radical (unpaired) electrons. The maximum absolute atomic E-state index is 11.4. The number of nitrogens with one attached hydrogen (secondary N) is 2. The molecule has 0 aliphatic rings. The molecule has 1 aromatic rings. The third-order valence-electron chi connectivity index (χ3n) is 2.31. The Morgan fingerprint density at radius 1 is 1.23 bits per heavy atom. The summed E-state index contributed by atoms with van der Waals surface area (Å²) in [5, 5.41) is 20.3. The zero-order chi connectivity index (χ0) is 15.9. The maximum atomic E-state index is 11.4. The second kappa shape index (κ2) is 10.1. The third kappa shape index (κ3) is 8.03. The second-order valence-corrected chi connectivity index (χ2v) is 5.45. The Kier molecular flexibility index (Phi) is 9.75. The molecule has 0 saturated carbocycles. The maximum Gasteiger partial charge on any atom is 1.00 e. The van der Waals surface area contributed by atoms with Crippen molar-refractivity contribution in [1.29, 1.82) is 0 Å². The monoisotopic (exact) mass is 345 g/mol. The van der Waals surface area contributed by atoms with Gasteiger partial charge in [0.15, 0.2) is 0 Å². The summed E-state index contributed by atoms with van der Waals surface area (Å²) in [7, 11) is -4.37. The van der Waals surface area contributed by atoms with Gasteiger partial charge in [0.2, 0.25) is 11.9 Å². The fourth-order valence-corrected chi connectivity index (χ4v) is 1.80. The predicted molar refractivity (Wildman–Crippen MR) is 72.1 cm³/mol.